The molecule has 4 aliphatic heterocycles. The number of carbonyl (C=O) groups is 5. The van der Waals surface area contributed by atoms with Crippen molar-refractivity contribution >= 4 is 40.5 Å². The Hall–Kier alpha value is -5.84. The zero-order valence-electron chi connectivity index (χ0n) is 40.1. The number of hydrogen-bond acceptors (Lipinski definition) is 11. The first kappa shape index (κ1) is 47.6. The Labute approximate surface area is 392 Å². The number of aryl methyl sites for hydroxylation is 1. The predicted octanol–water partition coefficient (Wildman–Crippen LogP) is 4.75. The van der Waals surface area contributed by atoms with E-state index < -0.39 is 41.3 Å². The van der Waals surface area contributed by atoms with Gasteiger partial charge in [0.15, 0.2) is 0 Å². The van der Waals surface area contributed by atoms with E-state index in [2.05, 4.69) is 59.6 Å². The van der Waals surface area contributed by atoms with Crippen molar-refractivity contribution in [2.24, 2.45) is 17.3 Å². The Morgan fingerprint density at radius 3 is 2.54 bits per heavy atom. The molecule has 2 aromatic heterocycles. The first-order valence-corrected chi connectivity index (χ1v) is 23.8. The van der Waals surface area contributed by atoms with Gasteiger partial charge in [0.05, 0.1) is 30.1 Å². The van der Waals surface area contributed by atoms with Gasteiger partial charge < -0.3 is 39.6 Å². The van der Waals surface area contributed by atoms with Gasteiger partial charge in [0.2, 0.25) is 17.7 Å². The molecule has 4 amide bonds. The van der Waals surface area contributed by atoms with E-state index in [1.165, 1.54) is 9.91 Å². The van der Waals surface area contributed by atoms with E-state index in [4.69, 9.17) is 14.5 Å². The highest BCUT2D eigenvalue weighted by Crippen LogP contribution is 2.42. The minimum Gasteiger partial charge on any atom is -0.508 e. The molecule has 16 heteroatoms. The molecule has 0 unspecified atom stereocenters. The lowest BCUT2D eigenvalue weighted by molar-refractivity contribution is -0.155. The number of likely N-dealkylation sites (N-methyl/N-ethyl adjacent to an activating group) is 1. The highest BCUT2D eigenvalue weighted by atomic mass is 16.5. The molecule has 4 aromatic rings. The SMILES string of the molecule is CCn1c(-c2cccnc2[C@H](C)OC)c2c3cc(ccc31)-c1cc(O)cc(c1)C[C@H](NC(=O)[C@H](C(C)C)N(C)C(=O)CC1CN(C(=O)[C@H]3CN3)C1)C(=O)N1CCC[C@H](N1)C(=O)OCC(C)(C)C2. The van der Waals surface area contributed by atoms with E-state index in [0.29, 0.717) is 51.0 Å². The molecule has 67 heavy (non-hydrogen) atoms. The molecule has 0 spiro atoms. The molecule has 0 aliphatic carbocycles. The molecule has 4 aliphatic rings. The van der Waals surface area contributed by atoms with E-state index in [1.807, 2.05) is 39.0 Å². The summed E-state index contributed by atoms with van der Waals surface area (Å²) in [6.07, 6.45) is 3.19. The van der Waals surface area contributed by atoms with Gasteiger partial charge in [-0.15, -0.1) is 0 Å². The Balaban J connectivity index is 1.16. The van der Waals surface area contributed by atoms with Gasteiger partial charge in [-0.2, -0.15) is 0 Å². The lowest BCUT2D eigenvalue weighted by Crippen LogP contribution is -2.62. The van der Waals surface area contributed by atoms with Crippen LogP contribution in [0, 0.1) is 17.3 Å². The molecule has 16 nitrogen and oxygen atoms in total. The van der Waals surface area contributed by atoms with Gasteiger partial charge in [-0.3, -0.25) is 34.0 Å². The van der Waals surface area contributed by atoms with Crippen molar-refractivity contribution in [2.75, 3.05) is 46.9 Å². The zero-order valence-corrected chi connectivity index (χ0v) is 40.1. The first-order chi connectivity index (χ1) is 32.0. The molecule has 5 atom stereocenters. The van der Waals surface area contributed by atoms with Crippen molar-refractivity contribution in [3.05, 3.63) is 71.5 Å². The molecular weight excluding hydrogens is 853 g/mol. The third-order valence-electron chi connectivity index (χ3n) is 13.8. The van der Waals surface area contributed by atoms with Gasteiger partial charge in [-0.05, 0) is 97.7 Å². The fraction of sp³-hybridized carbons (Fsp3) is 0.529. The number of likely N-dealkylation sites (tertiary alicyclic amines) is 1. The van der Waals surface area contributed by atoms with Gasteiger partial charge in [-0.1, -0.05) is 39.8 Å². The van der Waals surface area contributed by atoms with Crippen molar-refractivity contribution in [3.8, 4) is 28.1 Å². The number of nitrogens with one attached hydrogen (secondary N) is 3. The Kier molecular flexibility index (Phi) is 13.8. The quantitative estimate of drug-likeness (QED) is 0.120. The summed E-state index contributed by atoms with van der Waals surface area (Å²) in [6.45, 7) is 14.7. The largest absolute Gasteiger partial charge is 0.508 e. The Bertz CT molecular complexity index is 2540. The van der Waals surface area contributed by atoms with Crippen molar-refractivity contribution in [2.45, 2.75) is 110 Å². The molecule has 6 bridgehead atoms. The minimum atomic E-state index is -1.15. The van der Waals surface area contributed by atoms with Crippen LogP contribution in [-0.2, 0) is 52.8 Å². The average molecular weight is 919 g/mol. The number of ether oxygens (including phenoxy) is 2. The van der Waals surface area contributed by atoms with Gasteiger partial charge in [0.25, 0.3) is 5.91 Å². The van der Waals surface area contributed by atoms with Gasteiger partial charge in [0, 0.05) is 93.7 Å². The molecular formula is C51H66N8O8. The van der Waals surface area contributed by atoms with Crippen LogP contribution >= 0.6 is 0 Å². The first-order valence-electron chi connectivity index (χ1n) is 23.8. The van der Waals surface area contributed by atoms with Gasteiger partial charge in [-0.25, -0.2) is 5.43 Å². The number of cyclic esters (lactones) is 1. The monoisotopic (exact) mass is 919 g/mol. The van der Waals surface area contributed by atoms with Crippen LogP contribution in [0.3, 0.4) is 0 Å². The number of phenols is 1. The smallest absolute Gasteiger partial charge is 0.324 e. The topological polar surface area (TPSA) is 198 Å². The van der Waals surface area contributed by atoms with Crippen LogP contribution in [0.25, 0.3) is 33.3 Å². The summed E-state index contributed by atoms with van der Waals surface area (Å²) in [5.74, 6) is -1.94. The molecule has 4 N–H and O–H groups in total. The Morgan fingerprint density at radius 1 is 1.07 bits per heavy atom. The number of hydrazine groups is 1. The normalized spacial score (nSPS) is 21.8. The maximum Gasteiger partial charge on any atom is 0.324 e. The number of methoxy groups -OCH3 is 1. The van der Waals surface area contributed by atoms with E-state index in [9.17, 15) is 29.1 Å². The number of nitrogens with zero attached hydrogens (tertiary/aromatic N) is 5. The van der Waals surface area contributed by atoms with Crippen molar-refractivity contribution in [1.82, 2.24) is 40.4 Å². The number of rotatable bonds is 11. The molecule has 6 heterocycles. The fourth-order valence-electron chi connectivity index (χ4n) is 10.1. The maximum absolute atomic E-state index is 14.7. The molecule has 2 aromatic carbocycles. The fourth-order valence-corrected chi connectivity index (χ4v) is 10.1. The number of benzene rings is 2. The van der Waals surface area contributed by atoms with Crippen LogP contribution < -0.4 is 16.1 Å². The number of carbonyl (C=O) groups excluding carboxylic acids is 5. The molecule has 0 saturated carbocycles. The summed E-state index contributed by atoms with van der Waals surface area (Å²) in [5, 5.41) is 19.8. The summed E-state index contributed by atoms with van der Waals surface area (Å²) < 4.78 is 14.2. The van der Waals surface area contributed by atoms with Crippen LogP contribution in [-0.4, -0.2) is 130 Å². The number of pyridine rings is 1. The lowest BCUT2D eigenvalue weighted by atomic mass is 9.84. The second-order valence-corrected chi connectivity index (χ2v) is 20.0. The number of aromatic nitrogens is 2. The zero-order chi connectivity index (χ0) is 47.9. The van der Waals surface area contributed by atoms with Crippen molar-refractivity contribution < 1.29 is 38.6 Å². The summed E-state index contributed by atoms with van der Waals surface area (Å²) in [6, 6.07) is 12.5. The summed E-state index contributed by atoms with van der Waals surface area (Å²) in [5.41, 5.74) is 9.59. The number of hydrogen-bond donors (Lipinski definition) is 4. The highest BCUT2D eigenvalue weighted by molar-refractivity contribution is 5.96. The minimum absolute atomic E-state index is 0.00302. The maximum atomic E-state index is 14.7. The van der Waals surface area contributed by atoms with Crippen LogP contribution in [0.15, 0.2) is 54.7 Å². The number of phenolic OH excluding ortho intramolecular Hbond substituents is 1. The number of amides is 4. The molecule has 8 rings (SSSR count). The average Bonchev–Trinajstić information content (AvgIpc) is 4.10. The summed E-state index contributed by atoms with van der Waals surface area (Å²) >= 11 is 0. The molecule has 3 saturated heterocycles. The summed E-state index contributed by atoms with van der Waals surface area (Å²) in [7, 11) is 3.28. The number of fused-ring (bicyclic) bond motifs is 6. The molecule has 358 valence electrons. The Morgan fingerprint density at radius 2 is 1.84 bits per heavy atom. The van der Waals surface area contributed by atoms with E-state index in [1.54, 1.807) is 37.4 Å². The standard InChI is InChI=1S/C51H66N8O8/c1-9-58-42-15-14-33-23-37(42)38(46(58)36-12-10-16-52-44(36)30(4)66-8)24-51(5,6)28-67-50(65)39-13-11-17-59(55-39)49(64)40(20-31-18-34(33)22-35(60)19-31)54-47(62)45(29(2)3)56(7)43(61)21-32-26-57(27-32)48(63)41-25-53-41/h10,12,14-16,18-19,22-23,29-30,32,39-41,45,53,55,60H,9,11,13,17,20-21,24-28H2,1-8H3,(H,54,62)/t30-,39-,40-,41+,45-/m0/s1. The third-order valence-corrected chi connectivity index (χ3v) is 13.8. The van der Waals surface area contributed by atoms with Crippen LogP contribution in [0.2, 0.25) is 0 Å². The second kappa shape index (κ2) is 19.4. The number of aromatic hydroxyl groups is 1. The van der Waals surface area contributed by atoms with Gasteiger partial charge >= 0.3 is 5.97 Å². The van der Waals surface area contributed by atoms with Crippen LogP contribution in [0.5, 0.6) is 5.75 Å². The van der Waals surface area contributed by atoms with E-state index in [0.717, 1.165) is 44.5 Å². The number of esters is 1. The van der Waals surface area contributed by atoms with Crippen molar-refractivity contribution in [3.63, 3.8) is 0 Å². The third kappa shape index (κ3) is 10.1. The van der Waals surface area contributed by atoms with Crippen molar-refractivity contribution in [1.29, 1.82) is 0 Å². The second-order valence-electron chi connectivity index (χ2n) is 20.0. The highest BCUT2D eigenvalue weighted by Gasteiger charge is 2.42. The molecule has 0 radical (unpaired) electrons. The van der Waals surface area contributed by atoms with Gasteiger partial charge in [0.1, 0.15) is 23.9 Å². The summed E-state index contributed by atoms with van der Waals surface area (Å²) in [4.78, 5) is 77.3. The molecule has 3 fully saturated rings. The van der Waals surface area contributed by atoms with E-state index in [-0.39, 0.29) is 67.5 Å². The predicted molar refractivity (Wildman–Crippen MR) is 253 cm³/mol. The lowest BCUT2D eigenvalue weighted by Gasteiger charge is -2.40. The van der Waals surface area contributed by atoms with Crippen LogP contribution in [0.4, 0.5) is 0 Å². The van der Waals surface area contributed by atoms with E-state index >= 15 is 0 Å². The van der Waals surface area contributed by atoms with Crippen LogP contribution in [0.1, 0.15) is 83.7 Å².